The van der Waals surface area contributed by atoms with Crippen LogP contribution in [0.3, 0.4) is 0 Å². The third-order valence-electron chi connectivity index (χ3n) is 5.69. The standard InChI is InChI=1S/C23H27F3N4O3.C2H6/c1-4-30-11-14(8-19(30)33)10-28-21(13(3)31)16-5-6-17(29-22(16)27)20-12(2)7-15(9-18(20)32)23(24,25)26;1-2/h5-7,9,13-14,31-32H,4,8,10-11H2,1-3H3,(H2,27,29);1-2H3. The second-order valence-electron chi connectivity index (χ2n) is 8.22. The van der Waals surface area contributed by atoms with Crippen LogP contribution in [0.5, 0.6) is 5.75 Å². The number of hydrogen-bond acceptors (Lipinski definition) is 6. The van der Waals surface area contributed by atoms with E-state index in [9.17, 15) is 28.2 Å². The normalized spacial score (nSPS) is 17.3. The Morgan fingerprint density at radius 3 is 2.46 bits per heavy atom. The first-order chi connectivity index (χ1) is 16.4. The number of phenolic OH excluding ortho intramolecular Hbond substituents is 1. The van der Waals surface area contributed by atoms with Crippen LogP contribution >= 0.6 is 0 Å². The number of aliphatic imine (C=N–C) groups is 1. The molecule has 1 amide bonds. The molecule has 1 saturated heterocycles. The Morgan fingerprint density at radius 2 is 1.97 bits per heavy atom. The number of aromatic hydroxyl groups is 1. The first-order valence-electron chi connectivity index (χ1n) is 11.6. The zero-order chi connectivity index (χ0) is 26.5. The molecule has 192 valence electrons. The second kappa shape index (κ2) is 11.5. The highest BCUT2D eigenvalue weighted by molar-refractivity contribution is 6.07. The molecule has 2 aromatic rings. The van der Waals surface area contributed by atoms with E-state index in [1.807, 2.05) is 20.8 Å². The molecule has 2 unspecified atom stereocenters. The van der Waals surface area contributed by atoms with Crippen LogP contribution in [0.25, 0.3) is 11.3 Å². The number of anilines is 1. The van der Waals surface area contributed by atoms with Gasteiger partial charge in [0.05, 0.1) is 23.1 Å². The molecule has 0 spiro atoms. The number of aryl methyl sites for hydroxylation is 1. The fraction of sp³-hybridized carbons (Fsp3) is 0.480. The molecule has 2 heterocycles. The molecular weight excluding hydrogens is 461 g/mol. The maximum absolute atomic E-state index is 13.0. The van der Waals surface area contributed by atoms with E-state index in [-0.39, 0.29) is 34.5 Å². The predicted molar refractivity (Wildman–Crippen MR) is 130 cm³/mol. The lowest BCUT2D eigenvalue weighted by atomic mass is 9.98. The number of likely N-dealkylation sites (tertiary alicyclic amines) is 1. The van der Waals surface area contributed by atoms with E-state index in [4.69, 9.17) is 5.73 Å². The zero-order valence-corrected chi connectivity index (χ0v) is 20.6. The number of hydrogen-bond donors (Lipinski definition) is 3. The van der Waals surface area contributed by atoms with Crippen LogP contribution in [-0.4, -0.2) is 57.5 Å². The number of carbonyl (C=O) groups excluding carboxylic acids is 1. The highest BCUT2D eigenvalue weighted by atomic mass is 19.4. The highest BCUT2D eigenvalue weighted by Gasteiger charge is 2.32. The number of amides is 1. The van der Waals surface area contributed by atoms with Crippen LogP contribution in [0.1, 0.15) is 50.8 Å². The minimum absolute atomic E-state index is 0.0172. The highest BCUT2D eigenvalue weighted by Crippen LogP contribution is 2.39. The molecule has 35 heavy (non-hydrogen) atoms. The number of rotatable bonds is 6. The van der Waals surface area contributed by atoms with Gasteiger partial charge in [0.1, 0.15) is 11.6 Å². The number of alkyl halides is 3. The lowest BCUT2D eigenvalue weighted by molar-refractivity contribution is -0.137. The molecule has 1 aliphatic heterocycles. The number of nitrogens with zero attached hydrogens (tertiary/aromatic N) is 3. The Labute approximate surface area is 203 Å². The maximum atomic E-state index is 13.0. The lowest BCUT2D eigenvalue weighted by Crippen LogP contribution is -2.25. The third-order valence-corrected chi connectivity index (χ3v) is 5.69. The van der Waals surface area contributed by atoms with Crippen molar-refractivity contribution in [3.63, 3.8) is 0 Å². The van der Waals surface area contributed by atoms with Gasteiger partial charge in [0.2, 0.25) is 5.91 Å². The van der Waals surface area contributed by atoms with Crippen molar-refractivity contribution in [1.29, 1.82) is 0 Å². The molecule has 10 heteroatoms. The fourth-order valence-corrected chi connectivity index (χ4v) is 4.05. The van der Waals surface area contributed by atoms with Crippen LogP contribution in [0.2, 0.25) is 0 Å². The minimum Gasteiger partial charge on any atom is -0.507 e. The SMILES string of the molecule is CC.CCN1CC(CN=C(c2ccc(-c3c(C)cc(C(F)(F)F)cc3O)nc2N)C(C)O)CC1=O. The molecule has 1 aromatic heterocycles. The third kappa shape index (κ3) is 6.50. The van der Waals surface area contributed by atoms with Crippen LogP contribution in [0.15, 0.2) is 29.3 Å². The first kappa shape index (κ1) is 28.1. The van der Waals surface area contributed by atoms with E-state index >= 15 is 0 Å². The second-order valence-corrected chi connectivity index (χ2v) is 8.22. The van der Waals surface area contributed by atoms with Gasteiger partial charge in [-0.25, -0.2) is 4.98 Å². The topological polar surface area (TPSA) is 112 Å². The Hall–Kier alpha value is -3.14. The van der Waals surface area contributed by atoms with E-state index in [0.29, 0.717) is 43.4 Å². The molecule has 2 atom stereocenters. The van der Waals surface area contributed by atoms with Crippen LogP contribution in [-0.2, 0) is 11.0 Å². The van der Waals surface area contributed by atoms with E-state index in [1.165, 1.54) is 19.9 Å². The van der Waals surface area contributed by atoms with Crippen molar-refractivity contribution in [2.75, 3.05) is 25.4 Å². The van der Waals surface area contributed by atoms with Crippen molar-refractivity contribution in [1.82, 2.24) is 9.88 Å². The number of benzene rings is 1. The van der Waals surface area contributed by atoms with Gasteiger partial charge in [0, 0.05) is 43.1 Å². The lowest BCUT2D eigenvalue weighted by Gasteiger charge is -2.16. The number of aromatic nitrogens is 1. The van der Waals surface area contributed by atoms with Gasteiger partial charge in [-0.1, -0.05) is 13.8 Å². The number of pyridine rings is 1. The van der Waals surface area contributed by atoms with Gasteiger partial charge in [0.25, 0.3) is 0 Å². The number of carbonyl (C=O) groups is 1. The quantitative estimate of drug-likeness (QED) is 0.515. The average Bonchev–Trinajstić information content (AvgIpc) is 3.14. The molecular formula is C25H33F3N4O3. The molecule has 4 N–H and O–H groups in total. The Balaban J connectivity index is 0.00000210. The minimum atomic E-state index is -4.59. The summed E-state index contributed by atoms with van der Waals surface area (Å²) in [5.41, 5.74) is 6.38. The summed E-state index contributed by atoms with van der Waals surface area (Å²) in [6, 6.07) is 4.67. The molecule has 0 aliphatic carbocycles. The van der Waals surface area contributed by atoms with E-state index in [2.05, 4.69) is 9.98 Å². The van der Waals surface area contributed by atoms with Gasteiger partial charge in [-0.05, 0) is 50.6 Å². The molecule has 1 aliphatic rings. The molecule has 3 rings (SSSR count). The monoisotopic (exact) mass is 494 g/mol. The Morgan fingerprint density at radius 1 is 1.31 bits per heavy atom. The summed E-state index contributed by atoms with van der Waals surface area (Å²) in [6.45, 7) is 10.5. The van der Waals surface area contributed by atoms with Gasteiger partial charge < -0.3 is 20.8 Å². The van der Waals surface area contributed by atoms with E-state index < -0.39 is 23.6 Å². The average molecular weight is 495 g/mol. The number of halogens is 3. The van der Waals surface area contributed by atoms with Crippen LogP contribution in [0.4, 0.5) is 19.0 Å². The summed E-state index contributed by atoms with van der Waals surface area (Å²) < 4.78 is 39.0. The van der Waals surface area contributed by atoms with Gasteiger partial charge >= 0.3 is 6.18 Å². The zero-order valence-electron chi connectivity index (χ0n) is 20.6. The van der Waals surface area contributed by atoms with Gasteiger partial charge in [-0.2, -0.15) is 13.2 Å². The predicted octanol–water partition coefficient (Wildman–Crippen LogP) is 4.43. The van der Waals surface area contributed by atoms with Gasteiger partial charge in [-0.15, -0.1) is 0 Å². The molecule has 0 saturated carbocycles. The number of aliphatic hydroxyl groups is 1. The van der Waals surface area contributed by atoms with Gasteiger partial charge in [0.15, 0.2) is 0 Å². The van der Waals surface area contributed by atoms with Crippen molar-refractivity contribution >= 4 is 17.4 Å². The summed E-state index contributed by atoms with van der Waals surface area (Å²) >= 11 is 0. The van der Waals surface area contributed by atoms with Crippen molar-refractivity contribution in [3.8, 4) is 17.0 Å². The van der Waals surface area contributed by atoms with Crippen LogP contribution in [0, 0.1) is 12.8 Å². The fourth-order valence-electron chi connectivity index (χ4n) is 4.05. The largest absolute Gasteiger partial charge is 0.507 e. The van der Waals surface area contributed by atoms with Crippen molar-refractivity contribution < 1.29 is 28.2 Å². The molecule has 1 aromatic carbocycles. The summed E-state index contributed by atoms with van der Waals surface area (Å²) in [7, 11) is 0. The summed E-state index contributed by atoms with van der Waals surface area (Å²) in [4.78, 5) is 22.5. The number of aliphatic hydroxyl groups excluding tert-OH is 1. The Kier molecular flexibility index (Phi) is 9.25. The maximum Gasteiger partial charge on any atom is 0.416 e. The summed E-state index contributed by atoms with van der Waals surface area (Å²) in [5.74, 6) is -0.429. The Bertz CT molecular complexity index is 1060. The van der Waals surface area contributed by atoms with Crippen molar-refractivity contribution in [2.45, 2.75) is 53.3 Å². The van der Waals surface area contributed by atoms with Gasteiger partial charge in [-0.3, -0.25) is 9.79 Å². The molecule has 1 fully saturated rings. The summed E-state index contributed by atoms with van der Waals surface area (Å²) in [5, 5.41) is 20.5. The van der Waals surface area contributed by atoms with Crippen molar-refractivity contribution in [3.05, 3.63) is 41.0 Å². The van der Waals surface area contributed by atoms with E-state index in [1.54, 1.807) is 11.0 Å². The van der Waals surface area contributed by atoms with E-state index in [0.717, 1.165) is 6.07 Å². The van der Waals surface area contributed by atoms with Crippen molar-refractivity contribution in [2.24, 2.45) is 10.9 Å². The molecule has 0 radical (unpaired) electrons. The molecule has 7 nitrogen and oxygen atoms in total. The number of phenols is 1. The molecule has 0 bridgehead atoms. The first-order valence-corrected chi connectivity index (χ1v) is 11.6. The number of nitrogens with two attached hydrogens (primary N) is 1. The number of nitrogen functional groups attached to an aromatic ring is 1. The van der Waals surface area contributed by atoms with Crippen LogP contribution < -0.4 is 5.73 Å². The smallest absolute Gasteiger partial charge is 0.416 e. The summed E-state index contributed by atoms with van der Waals surface area (Å²) in [6.07, 6.45) is -5.15.